The van der Waals surface area contributed by atoms with Crippen molar-refractivity contribution in [2.45, 2.75) is 51.2 Å². The Labute approximate surface area is 202 Å². The van der Waals surface area contributed by atoms with E-state index >= 15 is 0 Å². The van der Waals surface area contributed by atoms with E-state index in [1.165, 1.54) is 10.6 Å². The quantitative estimate of drug-likeness (QED) is 0.351. The van der Waals surface area contributed by atoms with Crippen molar-refractivity contribution in [3.8, 4) is 22.5 Å². The highest BCUT2D eigenvalue weighted by molar-refractivity contribution is 5.82. The molecule has 2 aromatic carbocycles. The smallest absolute Gasteiger partial charge is 0.408 e. The molecule has 0 radical (unpaired) electrons. The van der Waals surface area contributed by atoms with Crippen molar-refractivity contribution in [1.29, 1.82) is 0 Å². The number of benzene rings is 2. The third kappa shape index (κ3) is 4.38. The molecule has 0 atom stereocenters. The number of hydrogen-bond acceptors (Lipinski definition) is 3. The summed E-state index contributed by atoms with van der Waals surface area (Å²) in [6.45, 7) is 5.51. The lowest BCUT2D eigenvalue weighted by molar-refractivity contribution is 0.0377. The third-order valence-corrected chi connectivity index (χ3v) is 6.35. The Bertz CT molecular complexity index is 1390. The molecule has 5 nitrogen and oxygen atoms in total. The summed E-state index contributed by atoms with van der Waals surface area (Å²) in [7, 11) is 0. The summed E-state index contributed by atoms with van der Waals surface area (Å²) in [5.74, 6) is -1.40. The van der Waals surface area contributed by atoms with Crippen LogP contribution in [0.25, 0.3) is 28.2 Å². The molecule has 0 spiro atoms. The van der Waals surface area contributed by atoms with E-state index in [0.29, 0.717) is 11.4 Å². The lowest BCUT2D eigenvalue weighted by Crippen LogP contribution is -2.52. The molecule has 2 aromatic heterocycles. The third-order valence-electron chi connectivity index (χ3n) is 6.35. The maximum atomic E-state index is 14.6. The molecule has 0 saturated heterocycles. The van der Waals surface area contributed by atoms with Crippen LogP contribution in [0.3, 0.4) is 0 Å². The molecule has 35 heavy (non-hydrogen) atoms. The maximum Gasteiger partial charge on any atom is 0.408 e. The monoisotopic (exact) mass is 475 g/mol. The largest absolute Gasteiger partial charge is 0.444 e. The first-order valence-corrected chi connectivity index (χ1v) is 11.7. The summed E-state index contributed by atoms with van der Waals surface area (Å²) >= 11 is 0. The van der Waals surface area contributed by atoms with Crippen molar-refractivity contribution in [2.24, 2.45) is 0 Å². The number of rotatable bonds is 4. The summed E-state index contributed by atoms with van der Waals surface area (Å²) in [6, 6.07) is 18.0. The van der Waals surface area contributed by atoms with Crippen LogP contribution in [0.15, 0.2) is 66.9 Å². The zero-order chi connectivity index (χ0) is 24.8. The van der Waals surface area contributed by atoms with Gasteiger partial charge in [0.25, 0.3) is 0 Å². The Morgan fingerprint density at radius 2 is 1.71 bits per heavy atom. The molecule has 2 heterocycles. The number of carbonyl (C=O) groups excluding carboxylic acids is 1. The second-order valence-corrected chi connectivity index (χ2v) is 10.0. The van der Waals surface area contributed by atoms with Crippen LogP contribution < -0.4 is 5.32 Å². The molecule has 1 aliphatic carbocycles. The summed E-state index contributed by atoms with van der Waals surface area (Å²) in [4.78, 5) is 17.0. The zero-order valence-electron chi connectivity index (χ0n) is 19.9. The Kier molecular flexibility index (Phi) is 5.58. The Balaban J connectivity index is 1.54. The van der Waals surface area contributed by atoms with Gasteiger partial charge < -0.3 is 10.1 Å². The first-order chi connectivity index (χ1) is 16.7. The standard InChI is InChI=1S/C28H27F2N3O2/c1-27(2,3)35-26(34)32-28(14-7-15-28)20-12-10-18(11-13-20)23-24(19-8-5-4-6-9-19)33-17-21(29)16-22(30)25(33)31-23/h4-6,8-13,16-17H,7,14-15H2,1-3H3,(H,32,34). The highest BCUT2D eigenvalue weighted by atomic mass is 19.1. The van der Waals surface area contributed by atoms with E-state index in [1.807, 2.05) is 75.4 Å². The van der Waals surface area contributed by atoms with Gasteiger partial charge in [0, 0.05) is 23.4 Å². The van der Waals surface area contributed by atoms with Gasteiger partial charge in [-0.25, -0.2) is 18.6 Å². The fraction of sp³-hybridized carbons (Fsp3) is 0.286. The van der Waals surface area contributed by atoms with Crippen LogP contribution in [0.4, 0.5) is 13.6 Å². The molecule has 0 aliphatic heterocycles. The van der Waals surface area contributed by atoms with Crippen LogP contribution in [0.2, 0.25) is 0 Å². The second-order valence-electron chi connectivity index (χ2n) is 10.0. The molecule has 0 bridgehead atoms. The molecule has 1 amide bonds. The van der Waals surface area contributed by atoms with Crippen molar-refractivity contribution < 1.29 is 18.3 Å². The van der Waals surface area contributed by atoms with Gasteiger partial charge in [-0.3, -0.25) is 4.40 Å². The van der Waals surface area contributed by atoms with Crippen LogP contribution in [-0.4, -0.2) is 21.1 Å². The first kappa shape index (κ1) is 23.0. The number of nitrogens with zero attached hydrogens (tertiary/aromatic N) is 2. The molecule has 1 aliphatic rings. The Morgan fingerprint density at radius 1 is 1.03 bits per heavy atom. The van der Waals surface area contributed by atoms with E-state index in [9.17, 15) is 13.6 Å². The van der Waals surface area contributed by atoms with Crippen LogP contribution in [0, 0.1) is 11.6 Å². The molecule has 180 valence electrons. The molecule has 4 aromatic rings. The molecular formula is C28H27F2N3O2. The van der Waals surface area contributed by atoms with Crippen LogP contribution in [0.1, 0.15) is 45.6 Å². The second kappa shape index (κ2) is 8.48. The molecule has 1 N–H and O–H groups in total. The first-order valence-electron chi connectivity index (χ1n) is 11.7. The number of hydrogen-bond donors (Lipinski definition) is 1. The van der Waals surface area contributed by atoms with E-state index < -0.39 is 28.9 Å². The van der Waals surface area contributed by atoms with E-state index in [2.05, 4.69) is 10.3 Å². The summed E-state index contributed by atoms with van der Waals surface area (Å²) < 4.78 is 35.7. The number of halogens is 2. The molecule has 1 saturated carbocycles. The van der Waals surface area contributed by atoms with Crippen molar-refractivity contribution in [2.75, 3.05) is 0 Å². The van der Waals surface area contributed by atoms with Gasteiger partial charge in [0.1, 0.15) is 11.4 Å². The fourth-order valence-electron chi connectivity index (χ4n) is 4.61. The maximum absolute atomic E-state index is 14.6. The molecule has 0 unspecified atom stereocenters. The average Bonchev–Trinajstić information content (AvgIpc) is 3.15. The van der Waals surface area contributed by atoms with Crippen LogP contribution in [-0.2, 0) is 10.3 Å². The van der Waals surface area contributed by atoms with E-state index in [0.717, 1.165) is 42.0 Å². The van der Waals surface area contributed by atoms with E-state index in [-0.39, 0.29) is 5.65 Å². The number of imidazole rings is 1. The molecule has 5 rings (SSSR count). The van der Waals surface area contributed by atoms with Gasteiger partial charge in [-0.05, 0) is 45.6 Å². The van der Waals surface area contributed by atoms with Gasteiger partial charge in [-0.2, -0.15) is 0 Å². The van der Waals surface area contributed by atoms with Gasteiger partial charge >= 0.3 is 6.09 Å². The van der Waals surface area contributed by atoms with Crippen molar-refractivity contribution >= 4 is 11.7 Å². The predicted molar refractivity (Wildman–Crippen MR) is 131 cm³/mol. The number of ether oxygens (including phenoxy) is 1. The minimum atomic E-state index is -0.722. The molecule has 7 heteroatoms. The summed E-state index contributed by atoms with van der Waals surface area (Å²) in [5, 5.41) is 3.06. The van der Waals surface area contributed by atoms with Crippen molar-refractivity contribution in [3.05, 3.63) is 84.1 Å². The highest BCUT2D eigenvalue weighted by Crippen LogP contribution is 2.42. The number of fused-ring (bicyclic) bond motifs is 1. The minimum Gasteiger partial charge on any atom is -0.444 e. The lowest BCUT2D eigenvalue weighted by Gasteiger charge is -2.43. The number of amides is 1. The fourth-order valence-corrected chi connectivity index (χ4v) is 4.61. The molecule has 1 fully saturated rings. The number of pyridine rings is 1. The number of nitrogens with one attached hydrogen (secondary N) is 1. The topological polar surface area (TPSA) is 55.6 Å². The van der Waals surface area contributed by atoms with Gasteiger partial charge in [0.2, 0.25) is 0 Å². The minimum absolute atomic E-state index is 0.0615. The van der Waals surface area contributed by atoms with Gasteiger partial charge in [0.05, 0.1) is 16.9 Å². The number of alkyl carbamates (subject to hydrolysis) is 1. The summed E-state index contributed by atoms with van der Waals surface area (Å²) in [5.41, 5.74) is 2.70. The van der Waals surface area contributed by atoms with Crippen LogP contribution in [0.5, 0.6) is 0 Å². The Morgan fingerprint density at radius 3 is 2.31 bits per heavy atom. The van der Waals surface area contributed by atoms with Crippen molar-refractivity contribution in [3.63, 3.8) is 0 Å². The van der Waals surface area contributed by atoms with Crippen LogP contribution >= 0.6 is 0 Å². The van der Waals surface area contributed by atoms with Gasteiger partial charge in [0.15, 0.2) is 11.5 Å². The Hall–Kier alpha value is -3.74. The average molecular weight is 476 g/mol. The predicted octanol–water partition coefficient (Wildman–Crippen LogP) is 6.85. The SMILES string of the molecule is CC(C)(C)OC(=O)NC1(c2ccc(-c3nc4c(F)cc(F)cn4c3-c3ccccc3)cc2)CCC1. The number of aromatic nitrogens is 2. The lowest BCUT2D eigenvalue weighted by atomic mass is 9.71. The van der Waals surface area contributed by atoms with Gasteiger partial charge in [-0.1, -0.05) is 54.6 Å². The zero-order valence-corrected chi connectivity index (χ0v) is 19.9. The normalized spacial score (nSPS) is 15.0. The van der Waals surface area contributed by atoms with E-state index in [1.54, 1.807) is 0 Å². The van der Waals surface area contributed by atoms with E-state index in [4.69, 9.17) is 4.74 Å². The molecular weight excluding hydrogens is 448 g/mol. The summed E-state index contributed by atoms with van der Waals surface area (Å²) in [6.07, 6.45) is 3.46. The highest BCUT2D eigenvalue weighted by Gasteiger charge is 2.41. The van der Waals surface area contributed by atoms with Gasteiger partial charge in [-0.15, -0.1) is 0 Å². The number of carbonyl (C=O) groups is 1. The van der Waals surface area contributed by atoms with Crippen molar-refractivity contribution in [1.82, 2.24) is 14.7 Å².